The van der Waals surface area contributed by atoms with Gasteiger partial charge in [-0.1, -0.05) is 17.7 Å². The van der Waals surface area contributed by atoms with E-state index in [2.05, 4.69) is 0 Å². The first-order valence-electron chi connectivity index (χ1n) is 5.61. The number of Topliss-reactive ketones (excluding diaryl/α,β-unsaturated/α-hetero) is 1. The summed E-state index contributed by atoms with van der Waals surface area (Å²) in [5, 5.41) is 10.4. The molecule has 2 rings (SSSR count). The number of phenolic OH excluding ortho intramolecular Hbond substituents is 1. The molecule has 1 N–H and O–H groups in total. The summed E-state index contributed by atoms with van der Waals surface area (Å²) in [6.07, 6.45) is 4.48. The van der Waals surface area contributed by atoms with Crippen molar-refractivity contribution in [3.8, 4) is 5.75 Å². The van der Waals surface area contributed by atoms with Crippen LogP contribution in [0.25, 0.3) is 0 Å². The molecule has 0 saturated carbocycles. The van der Waals surface area contributed by atoms with Crippen LogP contribution in [-0.4, -0.2) is 10.9 Å². The maximum Gasteiger partial charge on any atom is 0.138 e. The predicted molar refractivity (Wildman–Crippen MR) is 64.1 cm³/mol. The number of ketones is 1. The summed E-state index contributed by atoms with van der Waals surface area (Å²) in [4.78, 5) is 11.1. The van der Waals surface area contributed by atoms with Crippen LogP contribution in [-0.2, 0) is 24.1 Å². The Morgan fingerprint density at radius 3 is 2.81 bits per heavy atom. The monoisotopic (exact) mass is 238 g/mol. The van der Waals surface area contributed by atoms with E-state index in [1.807, 2.05) is 6.07 Å². The summed E-state index contributed by atoms with van der Waals surface area (Å²) in [6, 6.07) is 1.94. The molecule has 0 aromatic heterocycles. The maximum atomic E-state index is 11.1. The van der Waals surface area contributed by atoms with Crippen LogP contribution in [0.15, 0.2) is 6.07 Å². The zero-order valence-corrected chi connectivity index (χ0v) is 10.1. The second kappa shape index (κ2) is 4.46. The van der Waals surface area contributed by atoms with E-state index in [-0.39, 0.29) is 18.0 Å². The highest BCUT2D eigenvalue weighted by Crippen LogP contribution is 2.37. The Balaban J connectivity index is 2.48. The van der Waals surface area contributed by atoms with Crippen molar-refractivity contribution in [1.82, 2.24) is 0 Å². The third-order valence-electron chi connectivity index (χ3n) is 3.08. The Bertz CT molecular complexity index is 438. The van der Waals surface area contributed by atoms with E-state index in [1.54, 1.807) is 0 Å². The summed E-state index contributed by atoms with van der Waals surface area (Å²) in [5.74, 6) is 0.139. The van der Waals surface area contributed by atoms with Crippen molar-refractivity contribution in [1.29, 1.82) is 0 Å². The van der Waals surface area contributed by atoms with Gasteiger partial charge in [0.2, 0.25) is 0 Å². The summed E-state index contributed by atoms with van der Waals surface area (Å²) < 4.78 is 0. The number of halogens is 1. The number of hydrogen-bond acceptors (Lipinski definition) is 2. The third-order valence-corrected chi connectivity index (χ3v) is 3.48. The van der Waals surface area contributed by atoms with Gasteiger partial charge in [0.25, 0.3) is 0 Å². The van der Waals surface area contributed by atoms with Gasteiger partial charge in [-0.25, -0.2) is 0 Å². The lowest BCUT2D eigenvalue weighted by Crippen LogP contribution is -2.06. The summed E-state index contributed by atoms with van der Waals surface area (Å²) in [7, 11) is 0. The van der Waals surface area contributed by atoms with E-state index in [0.717, 1.165) is 31.2 Å². The van der Waals surface area contributed by atoms with Crippen molar-refractivity contribution in [2.24, 2.45) is 0 Å². The molecule has 0 bridgehead atoms. The molecule has 0 amide bonds. The largest absolute Gasteiger partial charge is 0.506 e. The van der Waals surface area contributed by atoms with Gasteiger partial charge in [0.15, 0.2) is 0 Å². The molecule has 0 spiro atoms. The highest BCUT2D eigenvalue weighted by molar-refractivity contribution is 6.33. The lowest BCUT2D eigenvalue weighted by molar-refractivity contribution is -0.116. The quantitative estimate of drug-likeness (QED) is 0.860. The fourth-order valence-corrected chi connectivity index (χ4v) is 2.64. The molecule has 2 nitrogen and oxygen atoms in total. The third kappa shape index (κ3) is 2.07. The van der Waals surface area contributed by atoms with Crippen LogP contribution in [0.4, 0.5) is 0 Å². The highest BCUT2D eigenvalue weighted by Gasteiger charge is 2.19. The zero-order chi connectivity index (χ0) is 11.7. The highest BCUT2D eigenvalue weighted by atomic mass is 35.5. The first-order chi connectivity index (χ1) is 7.59. The van der Waals surface area contributed by atoms with Crippen LogP contribution < -0.4 is 0 Å². The van der Waals surface area contributed by atoms with Gasteiger partial charge in [0, 0.05) is 12.0 Å². The topological polar surface area (TPSA) is 37.3 Å². The van der Waals surface area contributed by atoms with E-state index in [1.165, 1.54) is 12.5 Å². The van der Waals surface area contributed by atoms with Crippen molar-refractivity contribution < 1.29 is 9.90 Å². The number of phenols is 1. The van der Waals surface area contributed by atoms with Crippen LogP contribution in [0, 0.1) is 0 Å². The lowest BCUT2D eigenvalue weighted by Gasteiger charge is -2.19. The van der Waals surface area contributed by atoms with E-state index >= 15 is 0 Å². The molecule has 1 aromatic rings. The average Bonchev–Trinajstić information content (AvgIpc) is 2.25. The van der Waals surface area contributed by atoms with E-state index in [9.17, 15) is 9.90 Å². The molecule has 1 aliphatic rings. The molecular formula is C13H15ClO2. The summed E-state index contributed by atoms with van der Waals surface area (Å²) >= 11 is 6.14. The molecule has 0 radical (unpaired) electrons. The first kappa shape index (κ1) is 11.5. The molecule has 16 heavy (non-hydrogen) atoms. The van der Waals surface area contributed by atoms with Crippen LogP contribution in [0.3, 0.4) is 0 Å². The minimum Gasteiger partial charge on any atom is -0.506 e. The second-order valence-electron chi connectivity index (χ2n) is 4.42. The number of rotatable bonds is 2. The van der Waals surface area contributed by atoms with Crippen molar-refractivity contribution in [2.75, 3.05) is 0 Å². The number of aromatic hydroxyl groups is 1. The first-order valence-corrected chi connectivity index (χ1v) is 5.99. The Kier molecular flexibility index (Phi) is 3.20. The summed E-state index contributed by atoms with van der Waals surface area (Å²) in [6.45, 7) is 1.52. The number of hydrogen-bond donors (Lipinski definition) is 1. The number of aryl methyl sites for hydroxylation is 1. The standard InChI is InChI=1S/C13H15ClO2/c1-8(15)6-10-7-9-4-2-3-5-11(9)12(14)13(10)16/h7,16H,2-6H2,1H3. The van der Waals surface area contributed by atoms with Gasteiger partial charge >= 0.3 is 0 Å². The Labute approximate surface area is 100 Å². The second-order valence-corrected chi connectivity index (χ2v) is 4.80. The number of carbonyl (C=O) groups excluding carboxylic acids is 1. The smallest absolute Gasteiger partial charge is 0.138 e. The SMILES string of the molecule is CC(=O)Cc1cc2c(c(Cl)c1O)CCCC2. The molecule has 86 valence electrons. The molecule has 0 heterocycles. The van der Waals surface area contributed by atoms with Crippen LogP contribution in [0.1, 0.15) is 36.5 Å². The minimum absolute atomic E-state index is 0.0436. The maximum absolute atomic E-state index is 11.1. The van der Waals surface area contributed by atoms with Crippen molar-refractivity contribution in [2.45, 2.75) is 39.0 Å². The number of benzene rings is 1. The van der Waals surface area contributed by atoms with Gasteiger partial charge < -0.3 is 5.11 Å². The molecular weight excluding hydrogens is 224 g/mol. The molecule has 0 fully saturated rings. The predicted octanol–water partition coefficient (Wildman–Crippen LogP) is 3.06. The van der Waals surface area contributed by atoms with Gasteiger partial charge in [-0.05, 0) is 43.7 Å². The Morgan fingerprint density at radius 2 is 2.12 bits per heavy atom. The van der Waals surface area contributed by atoms with E-state index in [4.69, 9.17) is 11.6 Å². The van der Waals surface area contributed by atoms with Gasteiger partial charge in [0.05, 0.1) is 5.02 Å². The molecule has 3 heteroatoms. The lowest BCUT2D eigenvalue weighted by atomic mass is 9.89. The zero-order valence-electron chi connectivity index (χ0n) is 9.35. The van der Waals surface area contributed by atoms with Gasteiger partial charge in [0.1, 0.15) is 11.5 Å². The fraction of sp³-hybridized carbons (Fsp3) is 0.462. The van der Waals surface area contributed by atoms with Crippen LogP contribution >= 0.6 is 11.6 Å². The molecule has 0 aliphatic heterocycles. The summed E-state index contributed by atoms with van der Waals surface area (Å²) in [5.41, 5.74) is 2.93. The van der Waals surface area contributed by atoms with Crippen LogP contribution in [0.5, 0.6) is 5.75 Å². The normalized spacial score (nSPS) is 14.6. The molecule has 1 aromatic carbocycles. The fourth-order valence-electron chi connectivity index (χ4n) is 2.30. The van der Waals surface area contributed by atoms with E-state index in [0.29, 0.717) is 10.6 Å². The molecule has 1 aliphatic carbocycles. The van der Waals surface area contributed by atoms with Crippen molar-refractivity contribution in [3.63, 3.8) is 0 Å². The van der Waals surface area contributed by atoms with Crippen molar-refractivity contribution >= 4 is 17.4 Å². The Morgan fingerprint density at radius 1 is 1.44 bits per heavy atom. The van der Waals surface area contributed by atoms with Gasteiger partial charge in [-0.15, -0.1) is 0 Å². The van der Waals surface area contributed by atoms with Gasteiger partial charge in [-0.3, -0.25) is 4.79 Å². The molecule has 0 atom stereocenters. The molecule has 0 unspecified atom stereocenters. The van der Waals surface area contributed by atoms with Crippen LogP contribution in [0.2, 0.25) is 5.02 Å². The Hall–Kier alpha value is -1.02. The number of fused-ring (bicyclic) bond motifs is 1. The van der Waals surface area contributed by atoms with Gasteiger partial charge in [-0.2, -0.15) is 0 Å². The average molecular weight is 239 g/mol. The van der Waals surface area contributed by atoms with Crippen molar-refractivity contribution in [3.05, 3.63) is 27.8 Å². The minimum atomic E-state index is 0.0436. The van der Waals surface area contributed by atoms with E-state index < -0.39 is 0 Å². The molecule has 0 saturated heterocycles. The number of carbonyl (C=O) groups is 1.